The Morgan fingerprint density at radius 1 is 1.06 bits per heavy atom. The molecule has 1 aromatic heterocycles. The van der Waals surface area contributed by atoms with Gasteiger partial charge in [0.05, 0.1) is 11.8 Å². The lowest BCUT2D eigenvalue weighted by molar-refractivity contribution is -0.686. The van der Waals surface area contributed by atoms with E-state index in [2.05, 4.69) is 29.4 Å². The molecule has 0 unspecified atom stereocenters. The first-order valence-electron chi connectivity index (χ1n) is 5.76. The molecule has 0 amide bonds. The van der Waals surface area contributed by atoms with Crippen molar-refractivity contribution in [3.63, 3.8) is 0 Å². The van der Waals surface area contributed by atoms with Crippen LogP contribution in [0.25, 0.3) is 6.08 Å². The van der Waals surface area contributed by atoms with Crippen molar-refractivity contribution in [1.29, 1.82) is 0 Å². The summed E-state index contributed by atoms with van der Waals surface area (Å²) in [6.45, 7) is 0.780. The van der Waals surface area contributed by atoms with E-state index < -0.39 is 0 Å². The molecular formula is C15H15N2O+. The number of hydrogen-bond donors (Lipinski definition) is 1. The van der Waals surface area contributed by atoms with Gasteiger partial charge in [-0.25, -0.2) is 4.57 Å². The zero-order valence-corrected chi connectivity index (χ0v) is 9.98. The van der Waals surface area contributed by atoms with E-state index in [0.717, 1.165) is 12.1 Å². The van der Waals surface area contributed by atoms with Crippen LogP contribution in [0.5, 0.6) is 0 Å². The Morgan fingerprint density at radius 2 is 1.83 bits per heavy atom. The van der Waals surface area contributed by atoms with Gasteiger partial charge in [-0.15, -0.1) is 0 Å². The second-order valence-corrected chi connectivity index (χ2v) is 3.89. The van der Waals surface area contributed by atoms with E-state index in [1.807, 2.05) is 47.3 Å². The SMILES string of the molecule is ON=Cc1ccc[n+](CC=Cc2ccccc2)c1. The summed E-state index contributed by atoms with van der Waals surface area (Å²) in [5.74, 6) is 0. The standard InChI is InChI=1S/C15H14N2O/c18-16-12-15-9-5-11-17(13-15)10-4-8-14-6-2-1-3-7-14/h1-9,11-13H,10H2/p+1. The fraction of sp³-hybridized carbons (Fsp3) is 0.0667. The maximum absolute atomic E-state index is 8.48. The van der Waals surface area contributed by atoms with Crippen molar-refractivity contribution in [2.45, 2.75) is 6.54 Å². The second-order valence-electron chi connectivity index (χ2n) is 3.89. The number of nitrogens with zero attached hydrogens (tertiary/aromatic N) is 2. The van der Waals surface area contributed by atoms with Crippen LogP contribution in [0.15, 0.2) is 66.1 Å². The monoisotopic (exact) mass is 239 g/mol. The fourth-order valence-electron chi connectivity index (χ4n) is 1.67. The predicted molar refractivity (Wildman–Crippen MR) is 71.5 cm³/mol. The van der Waals surface area contributed by atoms with Gasteiger partial charge < -0.3 is 5.21 Å². The molecule has 0 atom stereocenters. The third kappa shape index (κ3) is 3.56. The van der Waals surface area contributed by atoms with Crippen LogP contribution < -0.4 is 4.57 Å². The van der Waals surface area contributed by atoms with Gasteiger partial charge in [0, 0.05) is 6.07 Å². The minimum atomic E-state index is 0.780. The van der Waals surface area contributed by atoms with Crippen molar-refractivity contribution in [1.82, 2.24) is 0 Å². The van der Waals surface area contributed by atoms with Crippen molar-refractivity contribution < 1.29 is 9.77 Å². The zero-order chi connectivity index (χ0) is 12.6. The Hall–Kier alpha value is -2.42. The van der Waals surface area contributed by atoms with E-state index in [-0.39, 0.29) is 0 Å². The molecule has 3 heteroatoms. The molecule has 0 saturated heterocycles. The smallest absolute Gasteiger partial charge is 0.178 e. The van der Waals surface area contributed by atoms with Gasteiger partial charge in [-0.2, -0.15) is 0 Å². The van der Waals surface area contributed by atoms with E-state index in [1.54, 1.807) is 0 Å². The summed E-state index contributed by atoms with van der Waals surface area (Å²) in [6.07, 6.45) is 9.49. The van der Waals surface area contributed by atoms with Crippen LogP contribution in [0.2, 0.25) is 0 Å². The van der Waals surface area contributed by atoms with Gasteiger partial charge in [-0.3, -0.25) is 0 Å². The first kappa shape index (κ1) is 12.0. The van der Waals surface area contributed by atoms with Gasteiger partial charge >= 0.3 is 0 Å². The lowest BCUT2D eigenvalue weighted by atomic mass is 10.2. The lowest BCUT2D eigenvalue weighted by Gasteiger charge is -1.94. The van der Waals surface area contributed by atoms with Crippen LogP contribution in [-0.4, -0.2) is 11.4 Å². The molecule has 2 rings (SSSR count). The molecule has 90 valence electrons. The summed E-state index contributed by atoms with van der Waals surface area (Å²) in [6, 6.07) is 14.0. The Kier molecular flexibility index (Phi) is 4.25. The van der Waals surface area contributed by atoms with E-state index in [0.29, 0.717) is 0 Å². The summed E-state index contributed by atoms with van der Waals surface area (Å²) in [5.41, 5.74) is 2.05. The van der Waals surface area contributed by atoms with Crippen LogP contribution in [0, 0.1) is 0 Å². The number of pyridine rings is 1. The van der Waals surface area contributed by atoms with Crippen molar-refractivity contribution in [3.8, 4) is 0 Å². The number of rotatable bonds is 4. The average Bonchev–Trinajstić information content (AvgIpc) is 2.41. The van der Waals surface area contributed by atoms with Crippen molar-refractivity contribution in [3.05, 3.63) is 72.1 Å². The Labute approximate surface area is 106 Å². The maximum atomic E-state index is 8.48. The molecule has 0 radical (unpaired) electrons. The van der Waals surface area contributed by atoms with Gasteiger partial charge in [0.15, 0.2) is 18.9 Å². The third-order valence-corrected chi connectivity index (χ3v) is 2.51. The highest BCUT2D eigenvalue weighted by atomic mass is 16.4. The molecule has 0 spiro atoms. The number of aromatic nitrogens is 1. The summed E-state index contributed by atoms with van der Waals surface area (Å²) >= 11 is 0. The van der Waals surface area contributed by atoms with E-state index >= 15 is 0 Å². The summed E-state index contributed by atoms with van der Waals surface area (Å²) in [7, 11) is 0. The molecule has 1 heterocycles. The van der Waals surface area contributed by atoms with Gasteiger partial charge in [0.2, 0.25) is 0 Å². The molecule has 0 fully saturated rings. The van der Waals surface area contributed by atoms with Crippen molar-refractivity contribution in [2.24, 2.45) is 5.16 Å². The molecule has 0 aliphatic heterocycles. The van der Waals surface area contributed by atoms with E-state index in [4.69, 9.17) is 5.21 Å². The molecule has 0 bridgehead atoms. The topological polar surface area (TPSA) is 36.5 Å². The Balaban J connectivity index is 2.02. The molecule has 18 heavy (non-hydrogen) atoms. The van der Waals surface area contributed by atoms with E-state index in [9.17, 15) is 0 Å². The molecule has 0 aliphatic carbocycles. The lowest BCUT2D eigenvalue weighted by Crippen LogP contribution is -2.32. The molecule has 1 N–H and O–H groups in total. The largest absolute Gasteiger partial charge is 0.411 e. The highest BCUT2D eigenvalue weighted by Gasteiger charge is 1.98. The van der Waals surface area contributed by atoms with Gasteiger partial charge in [-0.1, -0.05) is 41.6 Å². The van der Waals surface area contributed by atoms with Crippen molar-refractivity contribution >= 4 is 12.3 Å². The summed E-state index contributed by atoms with van der Waals surface area (Å²) in [5, 5.41) is 11.5. The highest BCUT2D eigenvalue weighted by Crippen LogP contribution is 2.00. The number of oxime groups is 1. The first-order valence-corrected chi connectivity index (χ1v) is 5.76. The fourth-order valence-corrected chi connectivity index (χ4v) is 1.67. The minimum absolute atomic E-state index is 0.780. The van der Waals surface area contributed by atoms with Gasteiger partial charge in [-0.05, 0) is 17.7 Å². The summed E-state index contributed by atoms with van der Waals surface area (Å²) < 4.78 is 2.02. The number of allylic oxidation sites excluding steroid dienone is 1. The molecule has 0 aliphatic rings. The van der Waals surface area contributed by atoms with Crippen LogP contribution in [0.4, 0.5) is 0 Å². The average molecular weight is 239 g/mol. The van der Waals surface area contributed by atoms with Crippen LogP contribution >= 0.6 is 0 Å². The second kappa shape index (κ2) is 6.35. The third-order valence-electron chi connectivity index (χ3n) is 2.51. The Bertz CT molecular complexity index is 547. The molecule has 0 saturated carbocycles. The number of benzene rings is 1. The Morgan fingerprint density at radius 3 is 2.61 bits per heavy atom. The predicted octanol–water partition coefficient (Wildman–Crippen LogP) is 2.50. The molecule has 3 nitrogen and oxygen atoms in total. The molecular weight excluding hydrogens is 224 g/mol. The highest BCUT2D eigenvalue weighted by molar-refractivity contribution is 5.77. The van der Waals surface area contributed by atoms with Gasteiger partial charge in [0.1, 0.15) is 0 Å². The van der Waals surface area contributed by atoms with Crippen molar-refractivity contribution in [2.75, 3.05) is 0 Å². The minimum Gasteiger partial charge on any atom is -0.411 e. The normalized spacial score (nSPS) is 11.3. The zero-order valence-electron chi connectivity index (χ0n) is 9.98. The molecule has 1 aromatic carbocycles. The quantitative estimate of drug-likeness (QED) is 0.378. The van der Waals surface area contributed by atoms with Gasteiger partial charge in [0.25, 0.3) is 0 Å². The summed E-state index contributed by atoms with van der Waals surface area (Å²) in [4.78, 5) is 0. The molecule has 2 aromatic rings. The van der Waals surface area contributed by atoms with E-state index in [1.165, 1.54) is 11.8 Å². The van der Waals surface area contributed by atoms with Crippen LogP contribution in [-0.2, 0) is 6.54 Å². The first-order chi connectivity index (χ1) is 8.88. The number of hydrogen-bond acceptors (Lipinski definition) is 2. The van der Waals surface area contributed by atoms with Crippen LogP contribution in [0.1, 0.15) is 11.1 Å². The van der Waals surface area contributed by atoms with Crippen LogP contribution in [0.3, 0.4) is 0 Å². The maximum Gasteiger partial charge on any atom is 0.178 e.